The molecule has 0 saturated carbocycles. The van der Waals surface area contributed by atoms with Crippen molar-refractivity contribution in [1.82, 2.24) is 9.80 Å². The van der Waals surface area contributed by atoms with Crippen LogP contribution in [0.5, 0.6) is 0 Å². The number of nitro groups is 1. The third-order valence-corrected chi connectivity index (χ3v) is 8.83. The molecule has 0 unspecified atom stereocenters. The Morgan fingerprint density at radius 3 is 2.31 bits per heavy atom. The first-order valence-electron chi connectivity index (χ1n) is 14.8. The Morgan fingerprint density at radius 1 is 0.857 bits per heavy atom. The van der Waals surface area contributed by atoms with Crippen LogP contribution in [-0.4, -0.2) is 46.7 Å². The maximum Gasteiger partial charge on any atom is 0.269 e. The standard InChI is InChI=1S/C34H41N3O3.2ClH/c1-26-6-2-3-9-32(26)25-36-18-14-27(15-19-36)7-5-11-34(38)31-13-12-29-16-20-35(21-17-30(29)23-31)24-28-8-4-10-33(22-28)37(39)40;;/h2-4,6,8-10,12-13,22-23,27H,5,7,11,14-21,24-25H2,1H3;2*1H. The number of piperidine rings is 1. The number of carbonyl (C=O) groups excluding carboxylic acids is 1. The lowest BCUT2D eigenvalue weighted by atomic mass is 9.90. The van der Waals surface area contributed by atoms with Gasteiger partial charge in [0, 0.05) is 50.3 Å². The highest BCUT2D eigenvalue weighted by molar-refractivity contribution is 5.96. The number of ketones is 1. The average molecular weight is 613 g/mol. The smallest absolute Gasteiger partial charge is 0.269 e. The van der Waals surface area contributed by atoms with Gasteiger partial charge in [0.1, 0.15) is 0 Å². The molecule has 0 amide bonds. The topological polar surface area (TPSA) is 66.7 Å². The van der Waals surface area contributed by atoms with Crippen molar-refractivity contribution in [3.05, 3.63) is 110 Å². The van der Waals surface area contributed by atoms with E-state index >= 15 is 0 Å². The van der Waals surface area contributed by atoms with Crippen molar-refractivity contribution >= 4 is 36.3 Å². The molecule has 0 N–H and O–H groups in total. The Balaban J connectivity index is 0.00000242. The van der Waals surface area contributed by atoms with E-state index in [-0.39, 0.29) is 41.2 Å². The second-order valence-electron chi connectivity index (χ2n) is 11.6. The van der Waals surface area contributed by atoms with Gasteiger partial charge in [0.15, 0.2) is 5.78 Å². The molecule has 0 aliphatic carbocycles. The predicted molar refractivity (Wildman–Crippen MR) is 174 cm³/mol. The third kappa shape index (κ3) is 9.11. The molecule has 0 atom stereocenters. The SMILES string of the molecule is Cc1ccccc1CN1CCC(CCCC(=O)c2ccc3c(c2)CCN(Cc2cccc([N+](=O)[O-])c2)CC3)CC1.Cl.Cl. The van der Waals surface area contributed by atoms with Crippen LogP contribution in [0.4, 0.5) is 5.69 Å². The maximum absolute atomic E-state index is 13.1. The van der Waals surface area contributed by atoms with Gasteiger partial charge in [-0.25, -0.2) is 0 Å². The summed E-state index contributed by atoms with van der Waals surface area (Å²) in [5.41, 5.74) is 7.35. The van der Waals surface area contributed by atoms with Crippen molar-refractivity contribution in [3.63, 3.8) is 0 Å². The normalized spacial score (nSPS) is 16.0. The number of nitro benzene ring substituents is 1. The largest absolute Gasteiger partial charge is 0.299 e. The minimum atomic E-state index is -0.337. The van der Waals surface area contributed by atoms with Gasteiger partial charge in [-0.3, -0.25) is 24.7 Å². The number of halogens is 2. The van der Waals surface area contributed by atoms with Crippen LogP contribution >= 0.6 is 24.8 Å². The van der Waals surface area contributed by atoms with Crippen molar-refractivity contribution in [3.8, 4) is 0 Å². The van der Waals surface area contributed by atoms with E-state index < -0.39 is 0 Å². The third-order valence-electron chi connectivity index (χ3n) is 8.83. The van der Waals surface area contributed by atoms with E-state index in [1.165, 1.54) is 41.2 Å². The molecule has 1 saturated heterocycles. The van der Waals surface area contributed by atoms with Crippen LogP contribution in [0.15, 0.2) is 66.7 Å². The van der Waals surface area contributed by atoms with Crippen LogP contribution in [-0.2, 0) is 25.9 Å². The summed E-state index contributed by atoms with van der Waals surface area (Å²) < 4.78 is 0. The van der Waals surface area contributed by atoms with Crippen molar-refractivity contribution in [2.75, 3.05) is 26.2 Å². The molecular formula is C34H43Cl2N3O3. The quantitative estimate of drug-likeness (QED) is 0.134. The van der Waals surface area contributed by atoms with Gasteiger partial charge < -0.3 is 0 Å². The van der Waals surface area contributed by atoms with Crippen LogP contribution in [0.1, 0.15) is 70.3 Å². The number of non-ortho nitro benzene ring substituents is 1. The summed E-state index contributed by atoms with van der Waals surface area (Å²) in [4.78, 5) is 28.8. The molecule has 226 valence electrons. The van der Waals surface area contributed by atoms with Gasteiger partial charge in [-0.15, -0.1) is 24.8 Å². The minimum absolute atomic E-state index is 0. The molecule has 42 heavy (non-hydrogen) atoms. The Morgan fingerprint density at radius 2 is 1.57 bits per heavy atom. The molecule has 0 radical (unpaired) electrons. The molecule has 2 heterocycles. The number of hydrogen-bond acceptors (Lipinski definition) is 5. The van der Waals surface area contributed by atoms with Crippen LogP contribution < -0.4 is 0 Å². The van der Waals surface area contributed by atoms with Crippen LogP contribution in [0, 0.1) is 23.0 Å². The highest BCUT2D eigenvalue weighted by Gasteiger charge is 2.21. The van der Waals surface area contributed by atoms with Crippen molar-refractivity contribution in [2.24, 2.45) is 5.92 Å². The highest BCUT2D eigenvalue weighted by Crippen LogP contribution is 2.26. The fourth-order valence-electron chi connectivity index (χ4n) is 6.29. The van der Waals surface area contributed by atoms with Crippen LogP contribution in [0.2, 0.25) is 0 Å². The fraction of sp³-hybridized carbons (Fsp3) is 0.441. The molecule has 0 bridgehead atoms. The lowest BCUT2D eigenvalue weighted by Gasteiger charge is -2.32. The molecule has 5 rings (SSSR count). The second-order valence-corrected chi connectivity index (χ2v) is 11.6. The zero-order valence-corrected chi connectivity index (χ0v) is 26.1. The molecular weight excluding hydrogens is 569 g/mol. The summed E-state index contributed by atoms with van der Waals surface area (Å²) in [6.07, 6.45) is 7.02. The Hall–Kier alpha value is -2.77. The number of carbonyl (C=O) groups is 1. The molecule has 3 aromatic rings. The maximum atomic E-state index is 13.1. The fourth-order valence-corrected chi connectivity index (χ4v) is 6.29. The first-order chi connectivity index (χ1) is 19.4. The number of Topliss-reactive ketones (excluding diaryl/α,β-unsaturated/α-hetero) is 1. The van der Waals surface area contributed by atoms with E-state index in [4.69, 9.17) is 0 Å². The van der Waals surface area contributed by atoms with Gasteiger partial charge >= 0.3 is 0 Å². The highest BCUT2D eigenvalue weighted by atomic mass is 35.5. The first kappa shape index (κ1) is 33.7. The van der Waals surface area contributed by atoms with Crippen molar-refractivity contribution < 1.29 is 9.72 Å². The molecule has 2 aliphatic rings. The first-order valence-corrected chi connectivity index (χ1v) is 14.8. The summed E-state index contributed by atoms with van der Waals surface area (Å²) >= 11 is 0. The van der Waals surface area contributed by atoms with E-state index in [9.17, 15) is 14.9 Å². The monoisotopic (exact) mass is 611 g/mol. The summed E-state index contributed by atoms with van der Waals surface area (Å²) in [5, 5.41) is 11.1. The number of aryl methyl sites for hydroxylation is 1. The zero-order chi connectivity index (χ0) is 27.9. The van der Waals surface area contributed by atoms with Gasteiger partial charge in [-0.2, -0.15) is 0 Å². The van der Waals surface area contributed by atoms with Crippen LogP contribution in [0.3, 0.4) is 0 Å². The van der Waals surface area contributed by atoms with Gasteiger partial charge in [-0.05, 0) is 98.3 Å². The summed E-state index contributed by atoms with van der Waals surface area (Å²) in [6, 6.07) is 21.9. The number of rotatable bonds is 10. The van der Waals surface area contributed by atoms with Crippen LogP contribution in [0.25, 0.3) is 0 Å². The van der Waals surface area contributed by atoms with Crippen molar-refractivity contribution in [2.45, 2.75) is 65.0 Å². The minimum Gasteiger partial charge on any atom is -0.299 e. The summed E-state index contributed by atoms with van der Waals surface area (Å²) in [7, 11) is 0. The summed E-state index contributed by atoms with van der Waals surface area (Å²) in [5.74, 6) is 0.988. The van der Waals surface area contributed by atoms with E-state index in [0.717, 1.165) is 75.5 Å². The molecule has 0 aromatic heterocycles. The number of fused-ring (bicyclic) bond motifs is 1. The van der Waals surface area contributed by atoms with Crippen molar-refractivity contribution in [1.29, 1.82) is 0 Å². The number of likely N-dealkylation sites (tertiary alicyclic amines) is 1. The Labute approximate surface area is 262 Å². The molecule has 2 aliphatic heterocycles. The predicted octanol–water partition coefficient (Wildman–Crippen LogP) is 7.61. The number of nitrogens with zero attached hydrogens (tertiary/aromatic N) is 3. The average Bonchev–Trinajstić information content (AvgIpc) is 3.17. The Bertz CT molecular complexity index is 1340. The molecule has 3 aromatic carbocycles. The van der Waals surface area contributed by atoms with E-state index in [1.54, 1.807) is 12.1 Å². The second kappa shape index (κ2) is 16.2. The lowest BCUT2D eigenvalue weighted by molar-refractivity contribution is -0.384. The lowest BCUT2D eigenvalue weighted by Crippen LogP contribution is -2.33. The van der Waals surface area contributed by atoms with Gasteiger partial charge in [0.25, 0.3) is 5.69 Å². The number of hydrogen-bond donors (Lipinski definition) is 0. The van der Waals surface area contributed by atoms with E-state index in [2.05, 4.69) is 53.1 Å². The summed E-state index contributed by atoms with van der Waals surface area (Å²) in [6.45, 7) is 8.03. The molecule has 6 nitrogen and oxygen atoms in total. The van der Waals surface area contributed by atoms with E-state index in [0.29, 0.717) is 13.0 Å². The molecule has 8 heteroatoms. The number of benzene rings is 3. The Kier molecular flexibility index (Phi) is 13.0. The van der Waals surface area contributed by atoms with Gasteiger partial charge in [0.2, 0.25) is 0 Å². The molecule has 1 fully saturated rings. The van der Waals surface area contributed by atoms with Gasteiger partial charge in [0.05, 0.1) is 4.92 Å². The van der Waals surface area contributed by atoms with E-state index in [1.807, 2.05) is 12.1 Å². The van der Waals surface area contributed by atoms with Gasteiger partial charge in [-0.1, -0.05) is 48.5 Å². The molecule has 0 spiro atoms. The zero-order valence-electron chi connectivity index (χ0n) is 24.5.